The van der Waals surface area contributed by atoms with Crippen molar-refractivity contribution in [2.45, 2.75) is 18.7 Å². The summed E-state index contributed by atoms with van der Waals surface area (Å²) >= 11 is 0. The molecule has 1 amide bonds. The summed E-state index contributed by atoms with van der Waals surface area (Å²) in [6.45, 7) is 4.73. The van der Waals surface area contributed by atoms with Gasteiger partial charge in [-0.25, -0.2) is 12.7 Å². The Bertz CT molecular complexity index is 827. The monoisotopic (exact) mass is 355 g/mol. The van der Waals surface area contributed by atoms with Crippen LogP contribution in [-0.4, -0.2) is 72.5 Å². The van der Waals surface area contributed by atoms with Crippen LogP contribution in [0.3, 0.4) is 0 Å². The maximum Gasteiger partial charge on any atom is 0.263 e. The number of benzene rings is 1. The van der Waals surface area contributed by atoms with E-state index in [2.05, 4.69) is 10.3 Å². The Hall–Kier alpha value is -2.20. The first kappa shape index (κ1) is 18.1. The first-order valence-corrected chi connectivity index (χ1v) is 8.94. The minimum atomic E-state index is -3.58. The summed E-state index contributed by atoms with van der Waals surface area (Å²) in [6, 6.07) is 4.43. The Balaban J connectivity index is 2.28. The number of aromatic nitrogens is 3. The zero-order valence-electron chi connectivity index (χ0n) is 14.1. The van der Waals surface area contributed by atoms with Gasteiger partial charge in [-0.2, -0.15) is 0 Å². The maximum absolute atomic E-state index is 12.2. The van der Waals surface area contributed by atoms with Crippen LogP contribution < -0.4 is 4.84 Å². The maximum atomic E-state index is 12.2. The molecule has 10 heteroatoms. The summed E-state index contributed by atoms with van der Waals surface area (Å²) in [5.41, 5.74) is 0.855. The standard InChI is InChI=1S/C14H21N5O4S/c1-5-18(6-2)14(20)10-23-19-13-9-11(24(21,22)17(3)4)7-8-12(13)15-16-19/h7-9H,5-6,10H2,1-4H3. The van der Waals surface area contributed by atoms with Gasteiger partial charge >= 0.3 is 0 Å². The molecule has 132 valence electrons. The SMILES string of the molecule is CCN(CC)C(=O)COn1nnc2ccc(S(=O)(=O)N(C)C)cc21. The zero-order chi connectivity index (χ0) is 17.9. The summed E-state index contributed by atoms with van der Waals surface area (Å²) in [4.78, 5) is 20.2. The average Bonchev–Trinajstić information content (AvgIpc) is 2.96. The van der Waals surface area contributed by atoms with Crippen molar-refractivity contribution in [1.82, 2.24) is 24.4 Å². The molecule has 1 heterocycles. The number of rotatable bonds is 7. The highest BCUT2D eigenvalue weighted by molar-refractivity contribution is 7.89. The molecule has 24 heavy (non-hydrogen) atoms. The Morgan fingerprint density at radius 3 is 2.50 bits per heavy atom. The van der Waals surface area contributed by atoms with Crippen LogP contribution in [0.1, 0.15) is 13.8 Å². The fourth-order valence-corrected chi connectivity index (χ4v) is 3.05. The largest absolute Gasteiger partial charge is 0.385 e. The van der Waals surface area contributed by atoms with E-state index >= 15 is 0 Å². The number of fused-ring (bicyclic) bond motifs is 1. The average molecular weight is 355 g/mol. The predicted octanol–water partition coefficient (Wildman–Crippen LogP) is -0.0214. The van der Waals surface area contributed by atoms with Crippen molar-refractivity contribution < 1.29 is 18.0 Å². The van der Waals surface area contributed by atoms with Crippen LogP contribution in [0.15, 0.2) is 23.1 Å². The first-order chi connectivity index (χ1) is 11.3. The molecule has 0 atom stereocenters. The number of nitrogens with zero attached hydrogens (tertiary/aromatic N) is 5. The van der Waals surface area contributed by atoms with Crippen molar-refractivity contribution in [1.29, 1.82) is 0 Å². The Morgan fingerprint density at radius 2 is 1.92 bits per heavy atom. The van der Waals surface area contributed by atoms with Gasteiger partial charge in [0.2, 0.25) is 10.0 Å². The van der Waals surface area contributed by atoms with Crippen LogP contribution in [-0.2, 0) is 14.8 Å². The van der Waals surface area contributed by atoms with Crippen molar-refractivity contribution in [2.24, 2.45) is 0 Å². The van der Waals surface area contributed by atoms with Crippen LogP contribution in [0.2, 0.25) is 0 Å². The Morgan fingerprint density at radius 1 is 1.25 bits per heavy atom. The highest BCUT2D eigenvalue weighted by atomic mass is 32.2. The van der Waals surface area contributed by atoms with E-state index in [1.54, 1.807) is 11.0 Å². The molecule has 0 fully saturated rings. The summed E-state index contributed by atoms with van der Waals surface area (Å²) in [7, 11) is -0.676. The second kappa shape index (κ2) is 7.14. The van der Waals surface area contributed by atoms with Crippen LogP contribution in [0, 0.1) is 0 Å². The molecule has 0 aliphatic heterocycles. The second-order valence-corrected chi connectivity index (χ2v) is 7.39. The lowest BCUT2D eigenvalue weighted by molar-refractivity contribution is -0.136. The van der Waals surface area contributed by atoms with Crippen LogP contribution in [0.25, 0.3) is 11.0 Å². The van der Waals surface area contributed by atoms with Gasteiger partial charge in [-0.15, -0.1) is 5.10 Å². The molecule has 2 rings (SSSR count). The number of carbonyl (C=O) groups is 1. The summed E-state index contributed by atoms with van der Waals surface area (Å²) in [5, 5.41) is 7.72. The quantitative estimate of drug-likeness (QED) is 0.692. The van der Waals surface area contributed by atoms with Crippen molar-refractivity contribution in [3.8, 4) is 0 Å². The van der Waals surface area contributed by atoms with Crippen molar-refractivity contribution >= 4 is 27.0 Å². The van der Waals surface area contributed by atoms with Crippen LogP contribution in [0.5, 0.6) is 0 Å². The highest BCUT2D eigenvalue weighted by Gasteiger charge is 2.19. The summed E-state index contributed by atoms with van der Waals surface area (Å²) in [6.07, 6.45) is 0. The number of likely N-dealkylation sites (N-methyl/N-ethyl adjacent to an activating group) is 1. The van der Waals surface area contributed by atoms with E-state index in [0.717, 1.165) is 9.15 Å². The van der Waals surface area contributed by atoms with E-state index in [4.69, 9.17) is 4.84 Å². The van der Waals surface area contributed by atoms with Crippen molar-refractivity contribution in [2.75, 3.05) is 33.8 Å². The van der Waals surface area contributed by atoms with Gasteiger partial charge in [-0.1, -0.05) is 4.85 Å². The van der Waals surface area contributed by atoms with Crippen LogP contribution in [0.4, 0.5) is 0 Å². The molecule has 1 aromatic heterocycles. The summed E-state index contributed by atoms with van der Waals surface area (Å²) < 4.78 is 25.6. The first-order valence-electron chi connectivity index (χ1n) is 7.50. The topological polar surface area (TPSA) is 97.6 Å². The fourth-order valence-electron chi connectivity index (χ4n) is 2.13. The van der Waals surface area contributed by atoms with Gasteiger partial charge in [0.05, 0.1) is 4.90 Å². The molecular formula is C14H21N5O4S. The second-order valence-electron chi connectivity index (χ2n) is 5.24. The molecule has 0 saturated heterocycles. The third kappa shape index (κ3) is 3.49. The number of carbonyl (C=O) groups excluding carboxylic acids is 1. The van der Waals surface area contributed by atoms with E-state index in [1.807, 2.05) is 13.8 Å². The molecule has 0 spiro atoms. The van der Waals surface area contributed by atoms with Gasteiger partial charge in [0.25, 0.3) is 5.91 Å². The lowest BCUT2D eigenvalue weighted by Crippen LogP contribution is -2.36. The van der Waals surface area contributed by atoms with E-state index in [1.165, 1.54) is 26.2 Å². The van der Waals surface area contributed by atoms with E-state index < -0.39 is 10.0 Å². The smallest absolute Gasteiger partial charge is 0.263 e. The molecule has 9 nitrogen and oxygen atoms in total. The highest BCUT2D eigenvalue weighted by Crippen LogP contribution is 2.18. The van der Waals surface area contributed by atoms with E-state index in [9.17, 15) is 13.2 Å². The zero-order valence-corrected chi connectivity index (χ0v) is 14.9. The van der Waals surface area contributed by atoms with Gasteiger partial charge < -0.3 is 9.74 Å². The summed E-state index contributed by atoms with van der Waals surface area (Å²) in [5.74, 6) is -0.180. The fraction of sp³-hybridized carbons (Fsp3) is 0.500. The minimum absolute atomic E-state index is 0.0993. The van der Waals surface area contributed by atoms with Crippen molar-refractivity contribution in [3.63, 3.8) is 0 Å². The lowest BCUT2D eigenvalue weighted by atomic mass is 10.3. The van der Waals surface area contributed by atoms with E-state index in [-0.39, 0.29) is 17.4 Å². The van der Waals surface area contributed by atoms with Gasteiger partial charge in [0.1, 0.15) is 11.0 Å². The minimum Gasteiger partial charge on any atom is -0.385 e. The third-order valence-electron chi connectivity index (χ3n) is 3.59. The predicted molar refractivity (Wildman–Crippen MR) is 87.8 cm³/mol. The molecule has 2 aromatic rings. The molecule has 0 aliphatic carbocycles. The van der Waals surface area contributed by atoms with Gasteiger partial charge in [-0.3, -0.25) is 4.79 Å². The molecule has 0 radical (unpaired) electrons. The van der Waals surface area contributed by atoms with E-state index in [0.29, 0.717) is 24.1 Å². The Labute approximate surface area is 140 Å². The number of hydrogen-bond donors (Lipinski definition) is 0. The molecule has 0 unspecified atom stereocenters. The third-order valence-corrected chi connectivity index (χ3v) is 5.40. The molecule has 1 aromatic carbocycles. The molecule has 0 saturated carbocycles. The molecule has 0 aliphatic rings. The lowest BCUT2D eigenvalue weighted by Gasteiger charge is -2.18. The van der Waals surface area contributed by atoms with Gasteiger partial charge in [-0.05, 0) is 37.3 Å². The molecule has 0 bridgehead atoms. The van der Waals surface area contributed by atoms with Gasteiger partial charge in [0.15, 0.2) is 6.61 Å². The number of amides is 1. The molecule has 0 N–H and O–H groups in total. The van der Waals surface area contributed by atoms with Crippen molar-refractivity contribution in [3.05, 3.63) is 18.2 Å². The van der Waals surface area contributed by atoms with Crippen LogP contribution >= 0.6 is 0 Å². The number of hydrogen-bond acceptors (Lipinski definition) is 6. The Kier molecular flexibility index (Phi) is 5.40. The number of sulfonamides is 1. The van der Waals surface area contributed by atoms with Gasteiger partial charge in [0, 0.05) is 27.2 Å². The molecular weight excluding hydrogens is 334 g/mol. The normalized spacial score (nSPS) is 11.9.